The molecular weight excluding hydrogens is 198 g/mol. The number of ether oxygens (including phenoxy) is 3. The van der Waals surface area contributed by atoms with Crippen LogP contribution in [0.1, 0.15) is 17.3 Å². The second-order valence-electron chi connectivity index (χ2n) is 3.01. The van der Waals surface area contributed by atoms with Crippen LogP contribution in [0.2, 0.25) is 0 Å². The number of carbonyl (C=O) groups is 1. The molecule has 1 aliphatic rings. The van der Waals surface area contributed by atoms with Gasteiger partial charge in [0.05, 0.1) is 17.9 Å². The molecule has 2 N–H and O–H groups in total. The van der Waals surface area contributed by atoms with Crippen LogP contribution < -0.4 is 15.2 Å². The van der Waals surface area contributed by atoms with Crippen molar-refractivity contribution < 1.29 is 19.0 Å². The van der Waals surface area contributed by atoms with E-state index in [1.165, 1.54) is 6.07 Å². The van der Waals surface area contributed by atoms with E-state index in [4.69, 9.17) is 19.9 Å². The molecule has 0 saturated heterocycles. The smallest absolute Gasteiger partial charge is 0.340 e. The number of nitrogen functional groups attached to an aromatic ring is 1. The minimum atomic E-state index is -0.451. The van der Waals surface area contributed by atoms with E-state index in [-0.39, 0.29) is 6.79 Å². The maximum Gasteiger partial charge on any atom is 0.340 e. The minimum absolute atomic E-state index is 0.154. The van der Waals surface area contributed by atoms with Gasteiger partial charge < -0.3 is 19.9 Å². The third kappa shape index (κ3) is 1.68. The first-order valence-electron chi connectivity index (χ1n) is 4.58. The molecule has 0 aromatic heterocycles. The van der Waals surface area contributed by atoms with Gasteiger partial charge in [0.15, 0.2) is 11.5 Å². The van der Waals surface area contributed by atoms with Crippen LogP contribution >= 0.6 is 0 Å². The lowest BCUT2D eigenvalue weighted by atomic mass is 10.1. The van der Waals surface area contributed by atoms with Gasteiger partial charge in [-0.2, -0.15) is 0 Å². The number of carbonyl (C=O) groups excluding carboxylic acids is 1. The Kier molecular flexibility index (Phi) is 2.37. The van der Waals surface area contributed by atoms with Crippen molar-refractivity contribution in [3.8, 4) is 11.5 Å². The fourth-order valence-electron chi connectivity index (χ4n) is 1.34. The maximum atomic E-state index is 11.5. The molecule has 15 heavy (non-hydrogen) atoms. The number of esters is 1. The predicted octanol–water partition coefficient (Wildman–Crippen LogP) is 1.17. The molecule has 80 valence electrons. The summed E-state index contributed by atoms with van der Waals surface area (Å²) in [5.41, 5.74) is 6.33. The summed E-state index contributed by atoms with van der Waals surface area (Å²) >= 11 is 0. The highest BCUT2D eigenvalue weighted by Crippen LogP contribution is 2.36. The van der Waals surface area contributed by atoms with Gasteiger partial charge in [-0.25, -0.2) is 4.79 Å². The third-order valence-corrected chi connectivity index (χ3v) is 2.04. The van der Waals surface area contributed by atoms with Crippen LogP contribution in [0.15, 0.2) is 12.1 Å². The second kappa shape index (κ2) is 3.68. The highest BCUT2D eigenvalue weighted by Gasteiger charge is 2.20. The molecule has 0 spiro atoms. The maximum absolute atomic E-state index is 11.5. The van der Waals surface area contributed by atoms with E-state index >= 15 is 0 Å². The molecule has 0 bridgehead atoms. The Hall–Kier alpha value is -1.91. The summed E-state index contributed by atoms with van der Waals surface area (Å²) in [6, 6.07) is 3.10. The zero-order chi connectivity index (χ0) is 10.8. The first-order valence-corrected chi connectivity index (χ1v) is 4.58. The molecule has 5 nitrogen and oxygen atoms in total. The van der Waals surface area contributed by atoms with E-state index in [0.29, 0.717) is 29.4 Å². The summed E-state index contributed by atoms with van der Waals surface area (Å²) in [6.45, 7) is 2.20. The average molecular weight is 209 g/mol. The molecule has 0 unspecified atom stereocenters. The van der Waals surface area contributed by atoms with Crippen molar-refractivity contribution >= 4 is 11.7 Å². The molecule has 0 atom stereocenters. The van der Waals surface area contributed by atoms with Crippen molar-refractivity contribution in [2.75, 3.05) is 19.1 Å². The van der Waals surface area contributed by atoms with Gasteiger partial charge >= 0.3 is 5.97 Å². The van der Waals surface area contributed by atoms with Crippen LogP contribution in [0, 0.1) is 0 Å². The third-order valence-electron chi connectivity index (χ3n) is 2.04. The first-order chi connectivity index (χ1) is 7.22. The van der Waals surface area contributed by atoms with Crippen molar-refractivity contribution in [1.29, 1.82) is 0 Å². The number of hydrogen-bond acceptors (Lipinski definition) is 5. The Morgan fingerprint density at radius 1 is 1.47 bits per heavy atom. The predicted molar refractivity (Wildman–Crippen MR) is 52.9 cm³/mol. The van der Waals surface area contributed by atoms with Crippen LogP contribution in [-0.2, 0) is 4.74 Å². The van der Waals surface area contributed by atoms with Gasteiger partial charge in [0.1, 0.15) is 0 Å². The van der Waals surface area contributed by atoms with Crippen LogP contribution in [0.5, 0.6) is 11.5 Å². The number of benzene rings is 1. The van der Waals surface area contributed by atoms with E-state index in [2.05, 4.69) is 0 Å². The minimum Gasteiger partial charge on any atom is -0.462 e. The van der Waals surface area contributed by atoms with Gasteiger partial charge in [0.25, 0.3) is 0 Å². The summed E-state index contributed by atoms with van der Waals surface area (Å²) in [6.07, 6.45) is 0. The molecule has 1 heterocycles. The molecule has 0 fully saturated rings. The standard InChI is InChI=1S/C10H11NO4/c1-2-13-10(12)6-3-8-9(4-7(6)11)15-5-14-8/h3-4H,2,5,11H2,1H3. The molecule has 1 aromatic rings. The number of rotatable bonds is 2. The average Bonchev–Trinajstić information content (AvgIpc) is 2.63. The second-order valence-corrected chi connectivity index (χ2v) is 3.01. The topological polar surface area (TPSA) is 70.8 Å². The molecule has 0 aliphatic carbocycles. The van der Waals surface area contributed by atoms with Gasteiger partial charge in [-0.3, -0.25) is 0 Å². The van der Waals surface area contributed by atoms with Crippen molar-refractivity contribution in [2.45, 2.75) is 6.92 Å². The molecule has 1 aromatic carbocycles. The molecule has 0 saturated carbocycles. The molecule has 1 aliphatic heterocycles. The summed E-state index contributed by atoms with van der Waals surface area (Å²) in [5, 5.41) is 0. The highest BCUT2D eigenvalue weighted by atomic mass is 16.7. The Labute approximate surface area is 86.7 Å². The lowest BCUT2D eigenvalue weighted by molar-refractivity contribution is 0.0527. The van der Waals surface area contributed by atoms with Gasteiger partial charge in [0, 0.05) is 12.1 Å². The van der Waals surface area contributed by atoms with E-state index < -0.39 is 5.97 Å². The monoisotopic (exact) mass is 209 g/mol. The lowest BCUT2D eigenvalue weighted by Crippen LogP contribution is -2.07. The summed E-state index contributed by atoms with van der Waals surface area (Å²) in [5.74, 6) is 0.626. The van der Waals surface area contributed by atoms with E-state index in [1.54, 1.807) is 13.0 Å². The van der Waals surface area contributed by atoms with Crippen molar-refractivity contribution in [3.63, 3.8) is 0 Å². The van der Waals surface area contributed by atoms with Crippen LogP contribution in [0.4, 0.5) is 5.69 Å². The summed E-state index contributed by atoms with van der Waals surface area (Å²) in [7, 11) is 0. The molecule has 0 radical (unpaired) electrons. The Bertz CT molecular complexity index is 403. The van der Waals surface area contributed by atoms with E-state index in [9.17, 15) is 4.79 Å². The first kappa shape index (κ1) is 9.64. The van der Waals surface area contributed by atoms with E-state index in [1.807, 2.05) is 0 Å². The quantitative estimate of drug-likeness (QED) is 0.584. The van der Waals surface area contributed by atoms with Crippen molar-refractivity contribution in [3.05, 3.63) is 17.7 Å². The van der Waals surface area contributed by atoms with Crippen LogP contribution in [0.3, 0.4) is 0 Å². The van der Waals surface area contributed by atoms with Gasteiger partial charge in [-0.05, 0) is 6.92 Å². The number of anilines is 1. The van der Waals surface area contributed by atoms with Crippen LogP contribution in [-0.4, -0.2) is 19.4 Å². The molecule has 2 rings (SSSR count). The SMILES string of the molecule is CCOC(=O)c1cc2c(cc1N)OCO2. The Morgan fingerprint density at radius 3 is 2.80 bits per heavy atom. The Morgan fingerprint density at radius 2 is 2.13 bits per heavy atom. The zero-order valence-electron chi connectivity index (χ0n) is 8.28. The molecule has 5 heteroatoms. The number of nitrogens with two attached hydrogens (primary N) is 1. The Balaban J connectivity index is 2.36. The summed E-state index contributed by atoms with van der Waals surface area (Å²) in [4.78, 5) is 11.5. The normalized spacial score (nSPS) is 12.6. The fourth-order valence-corrected chi connectivity index (χ4v) is 1.34. The zero-order valence-corrected chi connectivity index (χ0v) is 8.28. The summed E-state index contributed by atoms with van der Waals surface area (Å²) < 4.78 is 15.1. The number of fused-ring (bicyclic) bond motifs is 1. The highest BCUT2D eigenvalue weighted by molar-refractivity contribution is 5.96. The van der Waals surface area contributed by atoms with E-state index in [0.717, 1.165) is 0 Å². The number of hydrogen-bond donors (Lipinski definition) is 1. The van der Waals surface area contributed by atoms with Gasteiger partial charge in [-0.15, -0.1) is 0 Å². The van der Waals surface area contributed by atoms with Crippen molar-refractivity contribution in [1.82, 2.24) is 0 Å². The lowest BCUT2D eigenvalue weighted by Gasteiger charge is -2.06. The molecular formula is C10H11NO4. The largest absolute Gasteiger partial charge is 0.462 e. The molecule has 0 amide bonds. The fraction of sp³-hybridized carbons (Fsp3) is 0.300. The van der Waals surface area contributed by atoms with Gasteiger partial charge in [0.2, 0.25) is 6.79 Å². The van der Waals surface area contributed by atoms with Crippen LogP contribution in [0.25, 0.3) is 0 Å². The van der Waals surface area contributed by atoms with Gasteiger partial charge in [-0.1, -0.05) is 0 Å². The van der Waals surface area contributed by atoms with Crippen molar-refractivity contribution in [2.24, 2.45) is 0 Å².